The number of hydrogen-bond donors (Lipinski definition) is 2. The Morgan fingerprint density at radius 3 is 2.59 bits per heavy atom. The van der Waals surface area contributed by atoms with Crippen molar-refractivity contribution in [2.75, 3.05) is 20.3 Å². The number of aliphatic hydroxyl groups excluding tert-OH is 1. The molecule has 0 aromatic heterocycles. The molecule has 1 aromatic carbocycles. The van der Waals surface area contributed by atoms with E-state index in [4.69, 9.17) is 23.2 Å². The molecule has 0 aliphatic carbocycles. The molecule has 0 saturated carbocycles. The number of hydrogen-bond acceptors (Lipinski definition) is 3. The minimum absolute atomic E-state index is 0.0334. The van der Waals surface area contributed by atoms with Crippen LogP contribution in [0.15, 0.2) is 18.2 Å². The van der Waals surface area contributed by atoms with Crippen molar-refractivity contribution in [3.05, 3.63) is 33.8 Å². The number of carbonyl (C=O) groups excluding carboxylic acids is 1. The van der Waals surface area contributed by atoms with Crippen molar-refractivity contribution in [1.29, 1.82) is 0 Å². The number of halogens is 2. The zero-order valence-electron chi connectivity index (χ0n) is 9.24. The fourth-order valence-corrected chi connectivity index (χ4v) is 1.97. The second-order valence-electron chi connectivity index (χ2n) is 3.39. The first-order valence-electron chi connectivity index (χ1n) is 4.94. The van der Waals surface area contributed by atoms with Crippen LogP contribution in [-0.2, 0) is 9.53 Å². The minimum atomic E-state index is -0.947. The molecule has 0 heterocycles. The van der Waals surface area contributed by atoms with Crippen molar-refractivity contribution < 1.29 is 14.6 Å². The second kappa shape index (κ2) is 6.81. The van der Waals surface area contributed by atoms with Gasteiger partial charge in [0.15, 0.2) is 0 Å². The predicted molar refractivity (Wildman–Crippen MR) is 66.3 cm³/mol. The van der Waals surface area contributed by atoms with Gasteiger partial charge in [-0.25, -0.2) is 0 Å². The number of benzene rings is 1. The lowest BCUT2D eigenvalue weighted by Crippen LogP contribution is -2.31. The van der Waals surface area contributed by atoms with E-state index in [1.165, 1.54) is 7.11 Å². The van der Waals surface area contributed by atoms with Gasteiger partial charge in [0, 0.05) is 29.3 Å². The summed E-state index contributed by atoms with van der Waals surface area (Å²) in [5.41, 5.74) is 0.411. The Labute approximate surface area is 109 Å². The summed E-state index contributed by atoms with van der Waals surface area (Å²) >= 11 is 11.8. The summed E-state index contributed by atoms with van der Waals surface area (Å²) in [5.74, 6) is -0.310. The molecular weight excluding hydrogens is 265 g/mol. The van der Waals surface area contributed by atoms with Crippen LogP contribution in [0.4, 0.5) is 0 Å². The van der Waals surface area contributed by atoms with Crippen molar-refractivity contribution in [2.24, 2.45) is 0 Å². The minimum Gasteiger partial charge on any atom is -0.386 e. The van der Waals surface area contributed by atoms with Crippen LogP contribution in [0.25, 0.3) is 0 Å². The van der Waals surface area contributed by atoms with Crippen molar-refractivity contribution in [2.45, 2.75) is 6.10 Å². The molecule has 1 rings (SSSR count). The Balaban J connectivity index is 2.64. The number of nitrogens with one attached hydrogen (secondary N) is 1. The molecule has 0 bridgehead atoms. The predicted octanol–water partition coefficient (Wildman–Crippen LogP) is 1.79. The van der Waals surface area contributed by atoms with E-state index in [1.807, 2.05) is 0 Å². The van der Waals surface area contributed by atoms with Crippen LogP contribution in [-0.4, -0.2) is 31.3 Å². The Morgan fingerprint density at radius 2 is 2.06 bits per heavy atom. The highest BCUT2D eigenvalue weighted by atomic mass is 35.5. The van der Waals surface area contributed by atoms with E-state index in [9.17, 15) is 9.90 Å². The number of rotatable bonds is 5. The van der Waals surface area contributed by atoms with E-state index in [1.54, 1.807) is 18.2 Å². The van der Waals surface area contributed by atoms with E-state index in [-0.39, 0.29) is 19.1 Å². The molecule has 94 valence electrons. The normalized spacial score (nSPS) is 12.2. The molecule has 1 amide bonds. The molecule has 0 aliphatic rings. The summed E-state index contributed by atoms with van der Waals surface area (Å²) < 4.78 is 4.64. The summed E-state index contributed by atoms with van der Waals surface area (Å²) in [5, 5.41) is 13.1. The van der Waals surface area contributed by atoms with E-state index < -0.39 is 6.10 Å². The van der Waals surface area contributed by atoms with Gasteiger partial charge >= 0.3 is 0 Å². The summed E-state index contributed by atoms with van der Waals surface area (Å²) in [7, 11) is 1.42. The van der Waals surface area contributed by atoms with Crippen LogP contribution in [0.3, 0.4) is 0 Å². The molecule has 1 aromatic rings. The molecular formula is C11H13Cl2NO3. The van der Waals surface area contributed by atoms with Crippen LogP contribution in [0.5, 0.6) is 0 Å². The first-order chi connectivity index (χ1) is 8.06. The molecule has 0 saturated heterocycles. The lowest BCUT2D eigenvalue weighted by Gasteiger charge is -2.15. The van der Waals surface area contributed by atoms with Gasteiger partial charge in [0.2, 0.25) is 5.91 Å². The molecule has 1 atom stereocenters. The molecule has 4 nitrogen and oxygen atoms in total. The van der Waals surface area contributed by atoms with Gasteiger partial charge in [0.05, 0.1) is 6.10 Å². The summed E-state index contributed by atoms with van der Waals surface area (Å²) in [4.78, 5) is 11.1. The lowest BCUT2D eigenvalue weighted by atomic mass is 10.1. The van der Waals surface area contributed by atoms with Crippen LogP contribution in [0.2, 0.25) is 10.0 Å². The third kappa shape index (κ3) is 4.16. The van der Waals surface area contributed by atoms with E-state index in [0.717, 1.165) is 0 Å². The average Bonchev–Trinajstić information content (AvgIpc) is 2.26. The van der Waals surface area contributed by atoms with Crippen LogP contribution in [0.1, 0.15) is 11.7 Å². The lowest BCUT2D eigenvalue weighted by molar-refractivity contribution is -0.125. The van der Waals surface area contributed by atoms with Crippen molar-refractivity contribution >= 4 is 29.1 Å². The fourth-order valence-electron chi connectivity index (χ4n) is 1.32. The summed E-state index contributed by atoms with van der Waals surface area (Å²) in [6.45, 7) is -0.0192. The largest absolute Gasteiger partial charge is 0.386 e. The van der Waals surface area contributed by atoms with E-state index in [0.29, 0.717) is 15.6 Å². The number of aliphatic hydroxyl groups is 1. The quantitative estimate of drug-likeness (QED) is 0.863. The standard InChI is InChI=1S/C11H13Cl2NO3/c1-17-6-10(16)14-5-9(15)11-7(12)3-2-4-8(11)13/h2-4,9,15H,5-6H2,1H3,(H,14,16)/t9-/m1/s1. The van der Waals surface area contributed by atoms with Gasteiger partial charge in [-0.05, 0) is 12.1 Å². The molecule has 0 unspecified atom stereocenters. The molecule has 0 spiro atoms. The molecule has 0 aliphatic heterocycles. The smallest absolute Gasteiger partial charge is 0.246 e. The number of amides is 1. The Kier molecular flexibility index (Phi) is 5.71. The van der Waals surface area contributed by atoms with Gasteiger partial charge in [-0.15, -0.1) is 0 Å². The van der Waals surface area contributed by atoms with Gasteiger partial charge in [-0.3, -0.25) is 4.79 Å². The van der Waals surface area contributed by atoms with E-state index >= 15 is 0 Å². The topological polar surface area (TPSA) is 58.6 Å². The highest BCUT2D eigenvalue weighted by Gasteiger charge is 2.15. The van der Waals surface area contributed by atoms with Gasteiger partial charge in [0.25, 0.3) is 0 Å². The van der Waals surface area contributed by atoms with Crippen LogP contribution >= 0.6 is 23.2 Å². The second-order valence-corrected chi connectivity index (χ2v) is 4.20. The van der Waals surface area contributed by atoms with Crippen LogP contribution < -0.4 is 5.32 Å². The first kappa shape index (κ1) is 14.3. The fraction of sp³-hybridized carbons (Fsp3) is 0.364. The van der Waals surface area contributed by atoms with E-state index in [2.05, 4.69) is 10.1 Å². The SMILES string of the molecule is COCC(=O)NC[C@@H](O)c1c(Cl)cccc1Cl. The highest BCUT2D eigenvalue weighted by Crippen LogP contribution is 2.29. The molecule has 6 heteroatoms. The zero-order valence-corrected chi connectivity index (χ0v) is 10.8. The van der Waals surface area contributed by atoms with Crippen molar-refractivity contribution in [3.8, 4) is 0 Å². The highest BCUT2D eigenvalue weighted by molar-refractivity contribution is 6.36. The number of carbonyl (C=O) groups is 1. The molecule has 0 fully saturated rings. The maximum absolute atomic E-state index is 11.1. The van der Waals surface area contributed by atoms with Crippen molar-refractivity contribution in [1.82, 2.24) is 5.32 Å². The Bertz CT molecular complexity index is 378. The van der Waals surface area contributed by atoms with Gasteiger partial charge < -0.3 is 15.2 Å². The van der Waals surface area contributed by atoms with Gasteiger partial charge in [-0.2, -0.15) is 0 Å². The summed E-state index contributed by atoms with van der Waals surface area (Å²) in [6, 6.07) is 4.94. The maximum Gasteiger partial charge on any atom is 0.246 e. The molecule has 0 radical (unpaired) electrons. The first-order valence-corrected chi connectivity index (χ1v) is 5.69. The van der Waals surface area contributed by atoms with Gasteiger partial charge in [-0.1, -0.05) is 29.3 Å². The number of methoxy groups -OCH3 is 1. The third-order valence-corrected chi connectivity index (χ3v) is 2.76. The molecule has 2 N–H and O–H groups in total. The summed E-state index contributed by atoms with van der Waals surface area (Å²) in [6.07, 6.45) is -0.947. The molecule has 17 heavy (non-hydrogen) atoms. The van der Waals surface area contributed by atoms with Gasteiger partial charge in [0.1, 0.15) is 6.61 Å². The average molecular weight is 278 g/mol. The van der Waals surface area contributed by atoms with Crippen LogP contribution in [0, 0.1) is 0 Å². The van der Waals surface area contributed by atoms with Crippen molar-refractivity contribution in [3.63, 3.8) is 0 Å². The monoisotopic (exact) mass is 277 g/mol. The third-order valence-electron chi connectivity index (χ3n) is 2.10. The maximum atomic E-state index is 11.1. The Hall–Kier alpha value is -0.810. The number of ether oxygens (including phenoxy) is 1. The zero-order chi connectivity index (χ0) is 12.8. The Morgan fingerprint density at radius 1 is 1.47 bits per heavy atom.